The average Bonchev–Trinajstić information content (AvgIpc) is 3.41. The van der Waals surface area contributed by atoms with E-state index in [4.69, 9.17) is 4.74 Å². The topological polar surface area (TPSA) is 110 Å². The zero-order valence-electron chi connectivity index (χ0n) is 21.2. The molecule has 0 radical (unpaired) electrons. The monoisotopic (exact) mass is 533 g/mol. The largest absolute Gasteiger partial charge is 0.468 e. The lowest BCUT2D eigenvalue weighted by Gasteiger charge is -2.09. The molecule has 10 heteroatoms. The highest BCUT2D eigenvalue weighted by Crippen LogP contribution is 2.27. The molecule has 0 spiro atoms. The van der Waals surface area contributed by atoms with Gasteiger partial charge in [0.15, 0.2) is 0 Å². The third-order valence-electron chi connectivity index (χ3n) is 5.81. The van der Waals surface area contributed by atoms with E-state index in [0.717, 1.165) is 5.56 Å². The van der Waals surface area contributed by atoms with E-state index in [0.29, 0.717) is 22.7 Å². The maximum absolute atomic E-state index is 14.8. The van der Waals surface area contributed by atoms with Crippen molar-refractivity contribution in [1.82, 2.24) is 15.3 Å². The van der Waals surface area contributed by atoms with Gasteiger partial charge in [-0.15, -0.1) is 0 Å². The van der Waals surface area contributed by atoms with Gasteiger partial charge < -0.3 is 19.8 Å². The quantitative estimate of drug-likeness (QED) is 0.286. The van der Waals surface area contributed by atoms with Gasteiger partial charge in [-0.25, -0.2) is 8.78 Å². The van der Waals surface area contributed by atoms with Crippen molar-refractivity contribution in [2.24, 2.45) is 0 Å². The van der Waals surface area contributed by atoms with E-state index in [1.165, 1.54) is 43.8 Å². The van der Waals surface area contributed by atoms with Crippen LogP contribution in [0.3, 0.4) is 0 Å². The van der Waals surface area contributed by atoms with Gasteiger partial charge in [0.2, 0.25) is 0 Å². The number of esters is 1. The van der Waals surface area contributed by atoms with E-state index in [1.54, 1.807) is 37.3 Å². The van der Waals surface area contributed by atoms with Crippen molar-refractivity contribution >= 4 is 17.7 Å². The number of ketones is 1. The number of aromatic amines is 1. The van der Waals surface area contributed by atoms with E-state index < -0.39 is 23.5 Å². The zero-order chi connectivity index (χ0) is 27.9. The first-order chi connectivity index (χ1) is 18.7. The second-order valence-electron chi connectivity index (χ2n) is 8.78. The van der Waals surface area contributed by atoms with Gasteiger partial charge in [-0.1, -0.05) is 23.8 Å². The number of nitrogens with zero attached hydrogens (tertiary/aromatic N) is 1. The first kappa shape index (κ1) is 27.2. The van der Waals surface area contributed by atoms with Crippen molar-refractivity contribution in [3.8, 4) is 22.9 Å². The fourth-order valence-electron chi connectivity index (χ4n) is 3.82. The Hall–Kier alpha value is -4.86. The minimum Gasteiger partial charge on any atom is -0.468 e. The minimum absolute atomic E-state index is 0.127. The Balaban J connectivity index is 1.40. The molecule has 0 aliphatic heterocycles. The molecule has 2 aromatic carbocycles. The number of aromatic nitrogens is 2. The molecule has 4 aromatic rings. The van der Waals surface area contributed by atoms with E-state index in [-0.39, 0.29) is 42.0 Å². The smallest absolute Gasteiger partial charge is 0.325 e. The number of carbonyl (C=O) groups is 3. The number of ether oxygens (including phenoxy) is 2. The SMILES string of the molecule is COC(=O)CNC(=O)c1c[nH]c(-c2cc(Oc3ccc(CC(=O)Cc4cc(C)ccc4F)c(F)c3)ccn2)c1. The number of rotatable bonds is 10. The first-order valence-corrected chi connectivity index (χ1v) is 11.9. The number of nitrogens with one attached hydrogen (secondary N) is 2. The van der Waals surface area contributed by atoms with Crippen LogP contribution in [0, 0.1) is 18.6 Å². The van der Waals surface area contributed by atoms with Crippen molar-refractivity contribution in [2.45, 2.75) is 19.8 Å². The summed E-state index contributed by atoms with van der Waals surface area (Å²) < 4.78 is 39.0. The molecule has 1 amide bonds. The van der Waals surface area contributed by atoms with E-state index in [9.17, 15) is 23.2 Å². The highest BCUT2D eigenvalue weighted by atomic mass is 19.1. The molecule has 8 nitrogen and oxygen atoms in total. The Kier molecular flexibility index (Phi) is 8.45. The van der Waals surface area contributed by atoms with Gasteiger partial charge in [0.05, 0.1) is 24.1 Å². The molecule has 0 atom stereocenters. The molecule has 4 rings (SSSR count). The van der Waals surface area contributed by atoms with E-state index in [2.05, 4.69) is 20.0 Å². The summed E-state index contributed by atoms with van der Waals surface area (Å²) in [5, 5.41) is 2.44. The minimum atomic E-state index is -0.619. The van der Waals surface area contributed by atoms with Crippen LogP contribution in [-0.2, 0) is 27.2 Å². The summed E-state index contributed by atoms with van der Waals surface area (Å²) in [7, 11) is 1.23. The highest BCUT2D eigenvalue weighted by molar-refractivity contribution is 5.96. The summed E-state index contributed by atoms with van der Waals surface area (Å²) in [5.41, 5.74) is 2.58. The standard InChI is InChI=1S/C29H25F2N3O5/c1-17-3-6-24(30)19(9-17)11-21(35)10-18-4-5-22(13-25(18)31)39-23-7-8-32-27(14-23)26-12-20(15-33-26)29(37)34-16-28(36)38-2/h3-9,12-15,33H,10-11,16H2,1-2H3,(H,34,37). The fourth-order valence-corrected chi connectivity index (χ4v) is 3.82. The number of halogens is 2. The molecular formula is C29H25F2N3O5. The molecule has 0 saturated carbocycles. The molecule has 2 heterocycles. The number of methoxy groups -OCH3 is 1. The Labute approximate surface area is 223 Å². The summed E-state index contributed by atoms with van der Waals surface area (Å²) in [6.07, 6.45) is 2.66. The summed E-state index contributed by atoms with van der Waals surface area (Å²) in [6, 6.07) is 13.5. The highest BCUT2D eigenvalue weighted by Gasteiger charge is 2.15. The fraction of sp³-hybridized carbons (Fsp3) is 0.172. The van der Waals surface area contributed by atoms with Crippen LogP contribution in [0.1, 0.15) is 27.0 Å². The molecule has 0 aliphatic rings. The van der Waals surface area contributed by atoms with Crippen LogP contribution in [0.25, 0.3) is 11.4 Å². The second-order valence-corrected chi connectivity index (χ2v) is 8.78. The number of amides is 1. The maximum atomic E-state index is 14.8. The van der Waals surface area contributed by atoms with Gasteiger partial charge in [0.25, 0.3) is 5.91 Å². The number of carbonyl (C=O) groups excluding carboxylic acids is 3. The lowest BCUT2D eigenvalue weighted by atomic mass is 10.0. The van der Waals surface area contributed by atoms with Gasteiger partial charge >= 0.3 is 5.97 Å². The molecule has 0 bridgehead atoms. The number of benzene rings is 2. The van der Waals surface area contributed by atoms with Crippen molar-refractivity contribution in [3.63, 3.8) is 0 Å². The lowest BCUT2D eigenvalue weighted by molar-refractivity contribution is -0.139. The Bertz CT molecular complexity index is 1530. The number of hydrogen-bond donors (Lipinski definition) is 2. The van der Waals surface area contributed by atoms with E-state index in [1.807, 2.05) is 0 Å². The molecule has 2 N–H and O–H groups in total. The van der Waals surface area contributed by atoms with Crippen molar-refractivity contribution in [3.05, 3.63) is 101 Å². The van der Waals surface area contributed by atoms with Crippen molar-refractivity contribution < 1.29 is 32.6 Å². The third kappa shape index (κ3) is 7.13. The van der Waals surface area contributed by atoms with Gasteiger partial charge in [0.1, 0.15) is 35.5 Å². The second kappa shape index (κ2) is 12.1. The Morgan fingerprint density at radius 1 is 0.923 bits per heavy atom. The molecular weight excluding hydrogens is 508 g/mol. The maximum Gasteiger partial charge on any atom is 0.325 e. The van der Waals surface area contributed by atoms with Gasteiger partial charge in [-0.05, 0) is 42.3 Å². The normalized spacial score (nSPS) is 10.7. The van der Waals surface area contributed by atoms with Crippen LogP contribution in [0.2, 0.25) is 0 Å². The number of Topliss-reactive ketones (excluding diaryl/α,β-unsaturated/α-hetero) is 1. The van der Waals surface area contributed by atoms with Crippen LogP contribution >= 0.6 is 0 Å². The summed E-state index contributed by atoms with van der Waals surface area (Å²) in [6.45, 7) is 1.55. The first-order valence-electron chi connectivity index (χ1n) is 11.9. The Morgan fingerprint density at radius 3 is 2.46 bits per heavy atom. The summed E-state index contributed by atoms with van der Waals surface area (Å²) in [5.74, 6) is -1.86. The van der Waals surface area contributed by atoms with Crippen LogP contribution in [0.4, 0.5) is 8.78 Å². The summed E-state index contributed by atoms with van der Waals surface area (Å²) in [4.78, 5) is 43.1. The van der Waals surface area contributed by atoms with Gasteiger partial charge in [-0.3, -0.25) is 19.4 Å². The zero-order valence-corrected chi connectivity index (χ0v) is 21.2. The van der Waals surface area contributed by atoms with Crippen LogP contribution in [0.5, 0.6) is 11.5 Å². The predicted molar refractivity (Wildman–Crippen MR) is 138 cm³/mol. The average molecular weight is 534 g/mol. The van der Waals surface area contributed by atoms with Crippen molar-refractivity contribution in [2.75, 3.05) is 13.7 Å². The molecule has 0 unspecified atom stereocenters. The number of aryl methyl sites for hydroxylation is 1. The number of pyridine rings is 1. The van der Waals surface area contributed by atoms with Gasteiger partial charge in [-0.2, -0.15) is 0 Å². The van der Waals surface area contributed by atoms with Crippen LogP contribution in [0.15, 0.2) is 67.0 Å². The van der Waals surface area contributed by atoms with Crippen LogP contribution in [-0.4, -0.2) is 41.3 Å². The van der Waals surface area contributed by atoms with E-state index >= 15 is 0 Å². The van der Waals surface area contributed by atoms with Crippen molar-refractivity contribution in [1.29, 1.82) is 0 Å². The number of H-pyrrole nitrogens is 1. The molecule has 0 fully saturated rings. The third-order valence-corrected chi connectivity index (χ3v) is 5.81. The Morgan fingerprint density at radius 2 is 1.69 bits per heavy atom. The number of hydrogen-bond acceptors (Lipinski definition) is 6. The lowest BCUT2D eigenvalue weighted by Crippen LogP contribution is -2.29. The molecule has 0 saturated heterocycles. The molecule has 200 valence electrons. The molecule has 0 aliphatic carbocycles. The van der Waals surface area contributed by atoms with Crippen LogP contribution < -0.4 is 10.1 Å². The molecule has 39 heavy (non-hydrogen) atoms. The molecule has 2 aromatic heterocycles. The summed E-state index contributed by atoms with van der Waals surface area (Å²) >= 11 is 0. The van der Waals surface area contributed by atoms with Gasteiger partial charge in [0, 0.05) is 37.4 Å². The predicted octanol–water partition coefficient (Wildman–Crippen LogP) is 4.71.